The van der Waals surface area contributed by atoms with Crippen LogP contribution in [-0.4, -0.2) is 134 Å². The predicted molar refractivity (Wildman–Crippen MR) is 285 cm³/mol. The van der Waals surface area contributed by atoms with Crippen molar-refractivity contribution in [2.24, 2.45) is 0 Å². The highest BCUT2D eigenvalue weighted by molar-refractivity contribution is 6.07. The van der Waals surface area contributed by atoms with E-state index in [1.807, 2.05) is 12.1 Å². The summed E-state index contributed by atoms with van der Waals surface area (Å²) in [6, 6.07) is 22.1. The second kappa shape index (κ2) is 25.6. The summed E-state index contributed by atoms with van der Waals surface area (Å²) >= 11 is 0. The molecule has 0 radical (unpaired) electrons. The largest absolute Gasteiger partial charge is 0.480 e. The summed E-state index contributed by atoms with van der Waals surface area (Å²) in [6.45, 7) is -0.155. The Morgan fingerprint density at radius 1 is 0.658 bits per heavy atom. The van der Waals surface area contributed by atoms with Gasteiger partial charge in [-0.15, -0.1) is 0 Å². The van der Waals surface area contributed by atoms with Crippen LogP contribution in [0.2, 0.25) is 0 Å². The van der Waals surface area contributed by atoms with Crippen molar-refractivity contribution in [3.63, 3.8) is 0 Å². The van der Waals surface area contributed by atoms with Crippen molar-refractivity contribution in [2.75, 3.05) is 65.3 Å². The van der Waals surface area contributed by atoms with E-state index in [9.17, 15) is 47.1 Å². The zero-order chi connectivity index (χ0) is 55.2. The first-order valence-electron chi connectivity index (χ1n) is 25.1. The average molecular weight is 1100 g/mol. The van der Waals surface area contributed by atoms with E-state index < -0.39 is 60.2 Å². The Labute approximate surface area is 456 Å². The van der Waals surface area contributed by atoms with Crippen molar-refractivity contribution < 1.29 is 71.2 Å². The fourth-order valence-corrected chi connectivity index (χ4v) is 10.9. The van der Waals surface area contributed by atoms with E-state index in [2.05, 4.69) is 26.6 Å². The van der Waals surface area contributed by atoms with E-state index in [0.717, 1.165) is 46.6 Å². The van der Waals surface area contributed by atoms with Gasteiger partial charge in [-0.25, -0.2) is 37.8 Å². The lowest BCUT2D eigenvalue weighted by atomic mass is 9.94. The molecule has 6 aliphatic rings. The number of hydrogen-bond acceptors (Lipinski definition) is 13. The van der Waals surface area contributed by atoms with Gasteiger partial charge in [0.2, 0.25) is 17.1 Å². The van der Waals surface area contributed by atoms with Crippen molar-refractivity contribution in [1.82, 2.24) is 30.7 Å². The Morgan fingerprint density at radius 2 is 1.14 bits per heavy atom. The molecule has 6 atom stereocenters. The SMILES string of the molecule is C.C.CNC(=O)Nc1ccc2c(c1)CC[C@@]21OC(=O)N(CC(=O)N2[C@@H](COC)CC[C@H]2c2ccc(F)cc2)C1=O.CNC(=O)Nc1ccc2c(c1)CC[C@@]21OC(=O)N(CC(=O)O)C1=O.COC[C@H]1CC[C@@H](c2ccc(F)cc2)N1. The molecule has 9 amide bonds. The van der Waals surface area contributed by atoms with Crippen molar-refractivity contribution in [2.45, 2.75) is 102 Å². The van der Waals surface area contributed by atoms with Crippen LogP contribution >= 0.6 is 0 Å². The Hall–Kier alpha value is -8.02. The fraction of sp³-hybridized carbons (Fsp3) is 0.429. The lowest BCUT2D eigenvalue weighted by Crippen LogP contribution is -2.47. The van der Waals surface area contributed by atoms with Crippen LogP contribution in [0, 0.1) is 11.6 Å². The van der Waals surface area contributed by atoms with Gasteiger partial charge in [0.05, 0.1) is 25.3 Å². The number of benzene rings is 4. The van der Waals surface area contributed by atoms with Crippen LogP contribution in [0.25, 0.3) is 0 Å². The maximum Gasteiger partial charge on any atom is 0.418 e. The highest BCUT2D eigenvalue weighted by Gasteiger charge is 2.60. The highest BCUT2D eigenvalue weighted by atomic mass is 19.1. The number of methoxy groups -OCH3 is 2. The van der Waals surface area contributed by atoms with Crippen molar-refractivity contribution in [1.29, 1.82) is 0 Å². The van der Waals surface area contributed by atoms with E-state index in [0.29, 0.717) is 71.8 Å². The molecule has 4 heterocycles. The maximum absolute atomic E-state index is 13.6. The minimum Gasteiger partial charge on any atom is -0.480 e. The summed E-state index contributed by atoms with van der Waals surface area (Å²) < 4.78 is 47.6. The number of aliphatic carboxylic acids is 1. The Morgan fingerprint density at radius 3 is 1.61 bits per heavy atom. The van der Waals surface area contributed by atoms with Crippen molar-refractivity contribution in [3.05, 3.63) is 130 Å². The third kappa shape index (κ3) is 12.6. The number of rotatable bonds is 12. The number of ether oxygens (including phenoxy) is 4. The van der Waals surface area contributed by atoms with Gasteiger partial charge in [-0.1, -0.05) is 51.3 Å². The molecule has 2 spiro atoms. The number of amides is 9. The number of hydrogen-bond donors (Lipinski definition) is 6. The number of carbonyl (C=O) groups is 8. The van der Waals surface area contributed by atoms with Crippen LogP contribution in [0.1, 0.15) is 98.8 Å². The molecule has 0 saturated carbocycles. The van der Waals surface area contributed by atoms with E-state index in [1.54, 1.807) is 67.7 Å². The second-order valence-corrected chi connectivity index (χ2v) is 19.3. The number of carbonyl (C=O) groups excluding carboxylic acids is 7. The summed E-state index contributed by atoms with van der Waals surface area (Å²) in [5.74, 6) is -3.50. The Kier molecular flexibility index (Phi) is 19.5. The van der Waals surface area contributed by atoms with Crippen molar-refractivity contribution >= 4 is 59.3 Å². The standard InChI is InChI=1S/C27H29FN4O6.C15H15N3O6.C12H16FNO.2CH4/c1-29-25(35)30-19-7-9-21-17(13-19)11-12-27(21)24(34)31(26(36)38-27)14-23(33)32-20(15-37-2)8-10-22(32)16-3-5-18(28)6-4-16;1-16-13(22)17-9-2-3-10-8(6-9)4-5-15(10)12(21)18(7-11(19)20)14(23)24-15;1-15-8-11-6-7-12(14-11)9-2-4-10(13)5-3-9;;/h3-7,9,13,20,22H,8,10-12,14-15H2,1-2H3,(H2,29,30,35);2-3,6H,4-5,7H2,1H3,(H,19,20)(H2,16,17,22);2-5,11-12,14H,6-8H2,1H3;2*1H4/t20-,22+,27-;15-;11-,12+;;/m111../s1. The summed E-state index contributed by atoms with van der Waals surface area (Å²) in [5.41, 5.74) is 2.70. The van der Waals surface area contributed by atoms with Crippen LogP contribution < -0.4 is 26.6 Å². The molecule has 79 heavy (non-hydrogen) atoms. The predicted octanol–water partition coefficient (Wildman–Crippen LogP) is 7.26. The third-order valence-electron chi connectivity index (χ3n) is 14.6. The fourth-order valence-electron chi connectivity index (χ4n) is 10.9. The number of carboxylic acid groups (broad SMARTS) is 1. The zero-order valence-electron chi connectivity index (χ0n) is 42.8. The second-order valence-electron chi connectivity index (χ2n) is 19.3. The molecule has 23 heteroatoms. The molecule has 10 rings (SSSR count). The van der Waals surface area contributed by atoms with Crippen molar-refractivity contribution in [3.8, 4) is 0 Å². The Bertz CT molecular complexity index is 2930. The van der Waals surface area contributed by atoms with E-state index >= 15 is 0 Å². The number of carboxylic acids is 1. The maximum atomic E-state index is 13.6. The first kappa shape index (κ1) is 60.2. The molecule has 4 aliphatic heterocycles. The van der Waals surface area contributed by atoms with Gasteiger partial charge < -0.3 is 55.5 Å². The molecule has 4 saturated heterocycles. The Balaban J connectivity index is 0.000000210. The summed E-state index contributed by atoms with van der Waals surface area (Å²) in [7, 11) is 6.26. The van der Waals surface area contributed by atoms with Gasteiger partial charge in [-0.05, 0) is 109 Å². The summed E-state index contributed by atoms with van der Waals surface area (Å²) in [4.78, 5) is 102. The normalized spacial score (nSPS) is 23.0. The van der Waals surface area contributed by atoms with Gasteiger partial charge >= 0.3 is 30.2 Å². The number of imide groups is 2. The molecule has 0 unspecified atom stereocenters. The molecule has 4 aromatic rings. The van der Waals surface area contributed by atoms with Gasteiger partial charge in [0.25, 0.3) is 11.8 Å². The van der Waals surface area contributed by atoms with Gasteiger partial charge in [0, 0.05) is 75.7 Å². The van der Waals surface area contributed by atoms with Gasteiger partial charge in [-0.2, -0.15) is 0 Å². The first-order chi connectivity index (χ1) is 36.9. The van der Waals surface area contributed by atoms with E-state index in [4.69, 9.17) is 24.1 Å². The monoisotopic (exact) mass is 1100 g/mol. The summed E-state index contributed by atoms with van der Waals surface area (Å²) in [5, 5.41) is 22.5. The molecule has 21 nitrogen and oxygen atoms in total. The quantitative estimate of drug-likeness (QED) is 0.0816. The lowest BCUT2D eigenvalue weighted by molar-refractivity contribution is -0.144. The van der Waals surface area contributed by atoms with Crippen LogP contribution in [0.5, 0.6) is 0 Å². The number of halogens is 2. The van der Waals surface area contributed by atoms with Gasteiger partial charge in [0.1, 0.15) is 24.7 Å². The smallest absolute Gasteiger partial charge is 0.418 e. The van der Waals surface area contributed by atoms with Gasteiger partial charge in [0.15, 0.2) is 0 Å². The molecule has 6 N–H and O–H groups in total. The topological polar surface area (TPSA) is 264 Å². The zero-order valence-corrected chi connectivity index (χ0v) is 42.8. The molecule has 4 aromatic carbocycles. The number of nitrogens with one attached hydrogen (secondary N) is 5. The highest BCUT2D eigenvalue weighted by Crippen LogP contribution is 2.48. The average Bonchev–Trinajstić information content (AvgIpc) is 4.21. The molecule has 4 fully saturated rings. The van der Waals surface area contributed by atoms with Crippen LogP contribution in [0.4, 0.5) is 39.3 Å². The minimum absolute atomic E-state index is 0. The molecule has 0 aromatic heterocycles. The number of urea groups is 2. The molecular formula is C56H68F2N8O13. The van der Waals surface area contributed by atoms with E-state index in [1.165, 1.54) is 38.4 Å². The molecule has 424 valence electrons. The number of likely N-dealkylation sites (tertiary alicyclic amines) is 1. The first-order valence-corrected chi connectivity index (χ1v) is 25.1. The van der Waals surface area contributed by atoms with E-state index in [-0.39, 0.29) is 63.5 Å². The molecular weight excluding hydrogens is 1030 g/mol. The number of nitrogens with zero attached hydrogens (tertiary/aromatic N) is 3. The molecule has 2 aliphatic carbocycles. The van der Waals surface area contributed by atoms with Crippen LogP contribution in [0.15, 0.2) is 84.9 Å². The van der Waals surface area contributed by atoms with Crippen LogP contribution in [0.3, 0.4) is 0 Å². The van der Waals surface area contributed by atoms with Crippen LogP contribution in [-0.2, 0) is 62.2 Å². The van der Waals surface area contributed by atoms with Gasteiger partial charge in [-0.3, -0.25) is 19.2 Å². The summed E-state index contributed by atoms with van der Waals surface area (Å²) in [6.07, 6.45) is 3.13. The number of fused-ring (bicyclic) bond motifs is 4. The number of anilines is 2. The lowest BCUT2D eigenvalue weighted by Gasteiger charge is -2.31. The minimum atomic E-state index is -1.49. The number of aryl methyl sites for hydroxylation is 2. The molecule has 0 bridgehead atoms. The third-order valence-corrected chi connectivity index (χ3v) is 14.6.